The van der Waals surface area contributed by atoms with E-state index in [2.05, 4.69) is 5.32 Å². The molecule has 1 aliphatic rings. The van der Waals surface area contributed by atoms with Crippen molar-refractivity contribution in [2.75, 3.05) is 25.0 Å². The van der Waals surface area contributed by atoms with E-state index >= 15 is 0 Å². The van der Waals surface area contributed by atoms with Crippen molar-refractivity contribution in [2.24, 2.45) is 5.92 Å². The third kappa shape index (κ3) is 5.33. The zero-order chi connectivity index (χ0) is 25.9. The highest BCUT2D eigenvalue weighted by atomic mass is 32.2. The zero-order valence-electron chi connectivity index (χ0n) is 20.9. The summed E-state index contributed by atoms with van der Waals surface area (Å²) in [5.74, 6) is -1.66. The van der Waals surface area contributed by atoms with Crippen molar-refractivity contribution < 1.29 is 27.5 Å². The number of piperidine rings is 1. The fraction of sp³-hybridized carbons (Fsp3) is 0.480. The van der Waals surface area contributed by atoms with E-state index in [1.54, 1.807) is 49.6 Å². The Morgan fingerprint density at radius 1 is 1.14 bits per heavy atom. The quantitative estimate of drug-likeness (QED) is 0.435. The van der Waals surface area contributed by atoms with Gasteiger partial charge in [0.05, 0.1) is 12.5 Å². The number of sulfonamides is 1. The number of nitrogens with zero attached hydrogens (tertiary/aromatic N) is 2. The van der Waals surface area contributed by atoms with Gasteiger partial charge in [-0.25, -0.2) is 13.2 Å². The highest BCUT2D eigenvalue weighted by Crippen LogP contribution is 2.33. The summed E-state index contributed by atoms with van der Waals surface area (Å²) in [5.41, 5.74) is 2.03. The highest BCUT2D eigenvalue weighted by molar-refractivity contribution is 7.89. The number of anilines is 1. The zero-order valence-corrected chi connectivity index (χ0v) is 21.7. The van der Waals surface area contributed by atoms with Crippen LogP contribution in [0.5, 0.6) is 0 Å². The van der Waals surface area contributed by atoms with E-state index in [1.807, 2.05) is 6.92 Å². The van der Waals surface area contributed by atoms with Gasteiger partial charge in [-0.2, -0.15) is 4.31 Å². The summed E-state index contributed by atoms with van der Waals surface area (Å²) >= 11 is 0. The van der Waals surface area contributed by atoms with Gasteiger partial charge in [-0.3, -0.25) is 9.59 Å². The summed E-state index contributed by atoms with van der Waals surface area (Å²) in [7, 11) is -4.07. The van der Waals surface area contributed by atoms with Crippen molar-refractivity contribution in [3.63, 3.8) is 0 Å². The summed E-state index contributed by atoms with van der Waals surface area (Å²) in [6.07, 6.45) is 1.04. The van der Waals surface area contributed by atoms with E-state index < -0.39 is 21.9 Å². The second kappa shape index (κ2) is 10.7. The van der Waals surface area contributed by atoms with Crippen LogP contribution in [0.2, 0.25) is 0 Å². The third-order valence-electron chi connectivity index (χ3n) is 6.41. The average molecular weight is 504 g/mol. The molecule has 1 N–H and O–H groups in total. The van der Waals surface area contributed by atoms with Crippen molar-refractivity contribution in [1.29, 1.82) is 0 Å². The van der Waals surface area contributed by atoms with Crippen LogP contribution < -0.4 is 5.32 Å². The first-order chi connectivity index (χ1) is 16.5. The number of esters is 1. The van der Waals surface area contributed by atoms with E-state index in [0.29, 0.717) is 42.0 Å². The first-order valence-electron chi connectivity index (χ1n) is 11.8. The van der Waals surface area contributed by atoms with Crippen molar-refractivity contribution >= 4 is 33.4 Å². The normalized spacial score (nSPS) is 16.7. The molecule has 1 aromatic heterocycles. The topological polar surface area (TPSA) is 115 Å². The molecule has 0 bridgehead atoms. The van der Waals surface area contributed by atoms with Crippen LogP contribution in [-0.2, 0) is 26.1 Å². The van der Waals surface area contributed by atoms with Gasteiger partial charge >= 0.3 is 5.97 Å². The van der Waals surface area contributed by atoms with Gasteiger partial charge in [0.15, 0.2) is 5.78 Å². The molecule has 1 fully saturated rings. The number of Topliss-reactive ketones (excluding diaryl/α,β-unsaturated/α-hetero) is 1. The van der Waals surface area contributed by atoms with E-state index in [-0.39, 0.29) is 41.8 Å². The summed E-state index contributed by atoms with van der Waals surface area (Å²) < 4.78 is 35.9. The van der Waals surface area contributed by atoms with Gasteiger partial charge in [0, 0.05) is 42.3 Å². The number of nitrogens with one attached hydrogen (secondary N) is 1. The minimum absolute atomic E-state index is 0.00137. The minimum atomic E-state index is -4.07. The third-order valence-corrected chi connectivity index (χ3v) is 8.44. The number of carbonyl (C=O) groups is 3. The van der Waals surface area contributed by atoms with Crippen LogP contribution in [0.4, 0.5) is 5.69 Å². The van der Waals surface area contributed by atoms with Gasteiger partial charge in [0.2, 0.25) is 15.9 Å². The van der Waals surface area contributed by atoms with Crippen LogP contribution in [0.15, 0.2) is 29.2 Å². The molecule has 190 valence electrons. The molecule has 0 spiro atoms. The number of amides is 1. The van der Waals surface area contributed by atoms with Gasteiger partial charge in [0.1, 0.15) is 10.5 Å². The van der Waals surface area contributed by atoms with Crippen LogP contribution >= 0.6 is 0 Å². The Bertz CT molecular complexity index is 1250. The number of rotatable bonds is 8. The van der Waals surface area contributed by atoms with Crippen LogP contribution in [0.3, 0.4) is 0 Å². The lowest BCUT2D eigenvalue weighted by Gasteiger charge is -2.31. The monoisotopic (exact) mass is 503 g/mol. The molecular weight excluding hydrogens is 470 g/mol. The summed E-state index contributed by atoms with van der Waals surface area (Å²) in [6.45, 7) is 9.28. The fourth-order valence-corrected chi connectivity index (χ4v) is 6.63. The van der Waals surface area contributed by atoms with Crippen molar-refractivity contribution in [3.05, 3.63) is 46.8 Å². The minimum Gasteiger partial charge on any atom is -0.462 e. The van der Waals surface area contributed by atoms with Crippen molar-refractivity contribution in [3.8, 4) is 0 Å². The molecule has 0 saturated carbocycles. The molecule has 0 aliphatic carbocycles. The second-order valence-electron chi connectivity index (χ2n) is 8.67. The molecule has 2 aromatic rings. The molecule has 1 aliphatic heterocycles. The van der Waals surface area contributed by atoms with Crippen LogP contribution in [0, 0.1) is 19.8 Å². The lowest BCUT2D eigenvalue weighted by molar-refractivity contribution is -0.120. The van der Waals surface area contributed by atoms with Crippen LogP contribution in [0.25, 0.3) is 0 Å². The molecule has 35 heavy (non-hydrogen) atoms. The number of ether oxygens (including phenoxy) is 1. The maximum Gasteiger partial charge on any atom is 0.341 e. The first-order valence-corrected chi connectivity index (χ1v) is 13.3. The number of hydrogen-bond donors (Lipinski definition) is 1. The smallest absolute Gasteiger partial charge is 0.341 e. The van der Waals surface area contributed by atoms with Crippen LogP contribution in [0.1, 0.15) is 65.7 Å². The fourth-order valence-electron chi connectivity index (χ4n) is 4.65. The Labute approximate surface area is 206 Å². The highest BCUT2D eigenvalue weighted by Gasteiger charge is 2.39. The number of benzene rings is 1. The predicted octanol–water partition coefficient (Wildman–Crippen LogP) is 3.54. The number of aromatic nitrogens is 1. The summed E-state index contributed by atoms with van der Waals surface area (Å²) in [6, 6.07) is 6.64. The maximum absolute atomic E-state index is 13.8. The SMILES string of the molecule is CCOC(=O)c1c(S(=O)(=O)N2CCC[C@H](C(=O)Nc3cccc(C(C)=O)c3)C2)c(C)n(CC)c1C. The van der Waals surface area contributed by atoms with Gasteiger partial charge in [-0.15, -0.1) is 0 Å². The number of hydrogen-bond acceptors (Lipinski definition) is 6. The molecule has 0 unspecified atom stereocenters. The van der Waals surface area contributed by atoms with E-state index in [0.717, 1.165) is 0 Å². The lowest BCUT2D eigenvalue weighted by Crippen LogP contribution is -2.44. The molecule has 10 heteroatoms. The van der Waals surface area contributed by atoms with Gasteiger partial charge in [0.25, 0.3) is 0 Å². The summed E-state index contributed by atoms with van der Waals surface area (Å²) in [5, 5.41) is 2.81. The van der Waals surface area contributed by atoms with E-state index in [1.165, 1.54) is 11.2 Å². The van der Waals surface area contributed by atoms with Gasteiger partial charge in [-0.05, 0) is 59.6 Å². The van der Waals surface area contributed by atoms with Crippen molar-refractivity contribution in [2.45, 2.75) is 58.9 Å². The van der Waals surface area contributed by atoms with Crippen molar-refractivity contribution in [1.82, 2.24) is 8.87 Å². The number of ketones is 1. The Morgan fingerprint density at radius 3 is 2.49 bits per heavy atom. The standard InChI is InChI=1S/C25H33N3O6S/c1-6-28-16(3)22(25(31)34-7-2)23(17(28)4)35(32,33)27-13-9-11-20(15-27)24(30)26-21-12-8-10-19(14-21)18(5)29/h8,10,12,14,20H,6-7,9,11,13,15H2,1-5H3,(H,26,30)/t20-/m0/s1. The van der Waals surface area contributed by atoms with Gasteiger partial charge in [-0.1, -0.05) is 12.1 Å². The van der Waals surface area contributed by atoms with E-state index in [4.69, 9.17) is 4.74 Å². The second-order valence-corrected chi connectivity index (χ2v) is 10.5. The molecule has 2 heterocycles. The predicted molar refractivity (Wildman–Crippen MR) is 132 cm³/mol. The largest absolute Gasteiger partial charge is 0.462 e. The molecule has 1 aromatic carbocycles. The molecule has 1 amide bonds. The molecule has 3 rings (SSSR count). The Balaban J connectivity index is 1.89. The average Bonchev–Trinajstić information content (AvgIpc) is 3.09. The molecule has 1 saturated heterocycles. The number of carbonyl (C=O) groups excluding carboxylic acids is 3. The Morgan fingerprint density at radius 2 is 1.86 bits per heavy atom. The summed E-state index contributed by atoms with van der Waals surface area (Å²) in [4.78, 5) is 37.3. The molecule has 0 radical (unpaired) electrons. The first kappa shape index (κ1) is 26.6. The molecular formula is C25H33N3O6S. The Kier molecular flexibility index (Phi) is 8.17. The molecule has 9 nitrogen and oxygen atoms in total. The maximum atomic E-state index is 13.8. The van der Waals surface area contributed by atoms with Gasteiger partial charge < -0.3 is 14.6 Å². The lowest BCUT2D eigenvalue weighted by atomic mass is 9.98. The van der Waals surface area contributed by atoms with Crippen LogP contribution in [-0.4, -0.2) is 54.6 Å². The van der Waals surface area contributed by atoms with E-state index in [9.17, 15) is 22.8 Å². The Hall–Kier alpha value is -2.98. The molecule has 1 atom stereocenters.